The number of hydrogen-bond acceptors (Lipinski definition) is 6. The first-order valence-electron chi connectivity index (χ1n) is 8.79. The minimum atomic E-state index is -1.86. The van der Waals surface area contributed by atoms with Crippen molar-refractivity contribution in [2.45, 2.75) is 59.2 Å². The summed E-state index contributed by atoms with van der Waals surface area (Å²) in [6.07, 6.45) is 2.51. The molecule has 26 heavy (non-hydrogen) atoms. The van der Waals surface area contributed by atoms with Gasteiger partial charge in [0, 0.05) is 23.6 Å². The normalized spacial score (nSPS) is 36.0. The Bertz CT molecular complexity index is 797. The average Bonchev–Trinajstić information content (AvgIpc) is 2.80. The fourth-order valence-corrected chi connectivity index (χ4v) is 4.22. The molecule has 1 N–H and O–H groups in total. The van der Waals surface area contributed by atoms with Crippen molar-refractivity contribution in [3.05, 3.63) is 34.6 Å². The molecule has 0 amide bonds. The lowest BCUT2D eigenvalue weighted by molar-refractivity contribution is -0.186. The number of esters is 2. The second-order valence-corrected chi connectivity index (χ2v) is 7.89. The molecule has 3 aliphatic rings. The van der Waals surface area contributed by atoms with Crippen LogP contribution in [0.5, 0.6) is 0 Å². The molecule has 1 saturated carbocycles. The maximum Gasteiger partial charge on any atom is 0.339 e. The zero-order valence-electron chi connectivity index (χ0n) is 15.7. The number of carbonyl (C=O) groups excluding carboxylic acids is 3. The quantitative estimate of drug-likeness (QED) is 0.601. The predicted molar refractivity (Wildman–Crippen MR) is 92.6 cm³/mol. The van der Waals surface area contributed by atoms with Crippen LogP contribution in [0, 0.1) is 11.3 Å². The first-order valence-corrected chi connectivity index (χ1v) is 8.79. The zero-order chi connectivity index (χ0) is 19.4. The Morgan fingerprint density at radius 2 is 2.04 bits per heavy atom. The molecule has 0 bridgehead atoms. The molecule has 0 saturated heterocycles. The minimum absolute atomic E-state index is 0.116. The molecule has 2 aliphatic carbocycles. The summed E-state index contributed by atoms with van der Waals surface area (Å²) in [5.41, 5.74) is -1.41. The molecule has 0 aromatic rings. The van der Waals surface area contributed by atoms with E-state index in [1.165, 1.54) is 12.2 Å². The molecule has 1 heterocycles. The maximum atomic E-state index is 12.7. The SMILES string of the molecule is CC(C)=CC(=O)O[C@@H]1C2=C(C)C(=O)OC2=C[C@@]2(O)C(=O)CC[C@H](C)[C@@]12C. The van der Waals surface area contributed by atoms with Crippen LogP contribution in [0.1, 0.15) is 47.5 Å². The van der Waals surface area contributed by atoms with Crippen LogP contribution in [0.15, 0.2) is 34.6 Å². The van der Waals surface area contributed by atoms with Gasteiger partial charge in [-0.3, -0.25) is 4.79 Å². The van der Waals surface area contributed by atoms with Gasteiger partial charge in [0.25, 0.3) is 0 Å². The van der Waals surface area contributed by atoms with Crippen LogP contribution in [-0.4, -0.2) is 34.5 Å². The number of fused-ring (bicyclic) bond motifs is 2. The van der Waals surface area contributed by atoms with Crippen molar-refractivity contribution in [1.29, 1.82) is 0 Å². The van der Waals surface area contributed by atoms with Crippen molar-refractivity contribution in [3.8, 4) is 0 Å². The summed E-state index contributed by atoms with van der Waals surface area (Å²) < 4.78 is 11.0. The Balaban J connectivity index is 2.21. The summed E-state index contributed by atoms with van der Waals surface area (Å²) in [5.74, 6) is -1.49. The third-order valence-electron chi connectivity index (χ3n) is 6.04. The Morgan fingerprint density at radius 1 is 1.38 bits per heavy atom. The van der Waals surface area contributed by atoms with Crippen molar-refractivity contribution in [1.82, 2.24) is 0 Å². The molecule has 0 radical (unpaired) electrons. The molecule has 140 valence electrons. The van der Waals surface area contributed by atoms with Crippen LogP contribution in [-0.2, 0) is 23.9 Å². The number of rotatable bonds is 2. The van der Waals surface area contributed by atoms with Crippen LogP contribution in [0.2, 0.25) is 0 Å². The van der Waals surface area contributed by atoms with Gasteiger partial charge in [-0.25, -0.2) is 9.59 Å². The second-order valence-electron chi connectivity index (χ2n) is 7.89. The van der Waals surface area contributed by atoms with E-state index in [1.807, 2.05) is 6.92 Å². The number of Topliss-reactive ketones (excluding diaryl/α,β-unsaturated/α-hetero) is 1. The highest BCUT2D eigenvalue weighted by Gasteiger charge is 2.66. The topological polar surface area (TPSA) is 89.9 Å². The number of ketones is 1. The van der Waals surface area contributed by atoms with Gasteiger partial charge in [-0.05, 0) is 39.2 Å². The van der Waals surface area contributed by atoms with E-state index in [9.17, 15) is 19.5 Å². The highest BCUT2D eigenvalue weighted by molar-refractivity contribution is 5.98. The van der Waals surface area contributed by atoms with Gasteiger partial charge in [0.05, 0.1) is 5.41 Å². The van der Waals surface area contributed by atoms with Crippen LogP contribution >= 0.6 is 0 Å². The molecule has 0 aromatic carbocycles. The molecule has 1 fully saturated rings. The molecule has 1 aliphatic heterocycles. The first-order chi connectivity index (χ1) is 12.0. The van der Waals surface area contributed by atoms with Gasteiger partial charge < -0.3 is 14.6 Å². The smallest absolute Gasteiger partial charge is 0.339 e. The summed E-state index contributed by atoms with van der Waals surface area (Å²) >= 11 is 0. The third-order valence-corrected chi connectivity index (χ3v) is 6.04. The van der Waals surface area contributed by atoms with Crippen LogP contribution in [0.25, 0.3) is 0 Å². The summed E-state index contributed by atoms with van der Waals surface area (Å²) in [6.45, 7) is 8.80. The Kier molecular flexibility index (Phi) is 4.22. The molecule has 0 spiro atoms. The van der Waals surface area contributed by atoms with E-state index in [4.69, 9.17) is 9.47 Å². The van der Waals surface area contributed by atoms with Gasteiger partial charge in [-0.1, -0.05) is 19.4 Å². The van der Waals surface area contributed by atoms with E-state index in [2.05, 4.69) is 0 Å². The van der Waals surface area contributed by atoms with E-state index in [1.54, 1.807) is 27.7 Å². The van der Waals surface area contributed by atoms with Crippen molar-refractivity contribution < 1.29 is 29.0 Å². The van der Waals surface area contributed by atoms with Gasteiger partial charge in [0.15, 0.2) is 11.4 Å². The van der Waals surface area contributed by atoms with Crippen LogP contribution < -0.4 is 0 Å². The van der Waals surface area contributed by atoms with Crippen molar-refractivity contribution in [2.75, 3.05) is 0 Å². The molecule has 3 rings (SSSR count). The Hall–Kier alpha value is -2.21. The van der Waals surface area contributed by atoms with Gasteiger partial charge in [-0.15, -0.1) is 0 Å². The second kappa shape index (κ2) is 5.91. The average molecular weight is 360 g/mol. The Labute approximate surface area is 152 Å². The lowest BCUT2D eigenvalue weighted by Gasteiger charge is -2.55. The standard InChI is InChI=1S/C20H24O6/c1-10(2)8-15(22)26-17-16-12(4)18(23)25-13(16)9-20(24)14(21)7-6-11(3)19(17,20)5/h8-9,11,17,24H,6-7H2,1-5H3/t11-,17+,19-,20+/m0/s1. The monoisotopic (exact) mass is 360 g/mol. The van der Waals surface area contributed by atoms with Gasteiger partial charge in [-0.2, -0.15) is 0 Å². The summed E-state index contributed by atoms with van der Waals surface area (Å²) in [5, 5.41) is 11.3. The van der Waals surface area contributed by atoms with E-state index in [0.717, 1.165) is 5.57 Å². The largest absolute Gasteiger partial charge is 0.453 e. The maximum absolute atomic E-state index is 12.7. The third kappa shape index (κ3) is 2.39. The predicted octanol–water partition coefficient (Wildman–Crippen LogP) is 2.37. The number of aliphatic hydroxyl groups is 1. The molecular formula is C20H24O6. The van der Waals surface area contributed by atoms with E-state index >= 15 is 0 Å². The van der Waals surface area contributed by atoms with E-state index in [-0.39, 0.29) is 23.9 Å². The highest BCUT2D eigenvalue weighted by Crippen LogP contribution is 2.57. The molecule has 0 aromatic heterocycles. The molecule has 4 atom stereocenters. The zero-order valence-corrected chi connectivity index (χ0v) is 15.7. The molecule has 6 nitrogen and oxygen atoms in total. The summed E-state index contributed by atoms with van der Waals surface area (Å²) in [7, 11) is 0. The van der Waals surface area contributed by atoms with Gasteiger partial charge >= 0.3 is 11.9 Å². The number of carbonyl (C=O) groups is 3. The van der Waals surface area contributed by atoms with Gasteiger partial charge in [0.1, 0.15) is 11.9 Å². The van der Waals surface area contributed by atoms with Crippen molar-refractivity contribution in [3.63, 3.8) is 0 Å². The first kappa shape index (κ1) is 18.6. The highest BCUT2D eigenvalue weighted by atomic mass is 16.6. The lowest BCUT2D eigenvalue weighted by Crippen LogP contribution is -2.65. The number of hydrogen-bond donors (Lipinski definition) is 1. The fraction of sp³-hybridized carbons (Fsp3) is 0.550. The molecule has 0 unspecified atom stereocenters. The number of ether oxygens (including phenoxy) is 2. The Morgan fingerprint density at radius 3 is 2.65 bits per heavy atom. The van der Waals surface area contributed by atoms with Crippen molar-refractivity contribution in [2.24, 2.45) is 11.3 Å². The van der Waals surface area contributed by atoms with E-state index in [0.29, 0.717) is 17.6 Å². The molecule has 6 heteroatoms. The summed E-state index contributed by atoms with van der Waals surface area (Å²) in [6, 6.07) is 0. The van der Waals surface area contributed by atoms with Gasteiger partial charge in [0.2, 0.25) is 0 Å². The fourth-order valence-electron chi connectivity index (χ4n) is 4.22. The summed E-state index contributed by atoms with van der Waals surface area (Å²) in [4.78, 5) is 37.1. The molecular weight excluding hydrogens is 336 g/mol. The minimum Gasteiger partial charge on any atom is -0.453 e. The lowest BCUT2D eigenvalue weighted by atomic mass is 9.52. The van der Waals surface area contributed by atoms with E-state index < -0.39 is 29.1 Å². The number of allylic oxidation sites excluding steroid dienone is 1. The van der Waals surface area contributed by atoms with Crippen molar-refractivity contribution >= 4 is 17.7 Å². The van der Waals surface area contributed by atoms with Crippen LogP contribution in [0.4, 0.5) is 0 Å². The van der Waals surface area contributed by atoms with Crippen LogP contribution in [0.3, 0.4) is 0 Å².